The minimum Gasteiger partial charge on any atom is -0.351 e. The van der Waals surface area contributed by atoms with Crippen LogP contribution in [0.5, 0.6) is 0 Å². The highest BCUT2D eigenvalue weighted by Crippen LogP contribution is 2.39. The van der Waals surface area contributed by atoms with Crippen molar-refractivity contribution in [1.82, 2.24) is 0 Å². The fourth-order valence-corrected chi connectivity index (χ4v) is 3.50. The average molecular weight is 268 g/mol. The van der Waals surface area contributed by atoms with E-state index in [2.05, 4.69) is 34.1 Å². The minimum atomic E-state index is -0.126. The van der Waals surface area contributed by atoms with E-state index in [1.165, 1.54) is 17.7 Å². The van der Waals surface area contributed by atoms with Crippen LogP contribution in [0.1, 0.15) is 18.4 Å². The second-order valence-electron chi connectivity index (χ2n) is 5.52. The summed E-state index contributed by atoms with van der Waals surface area (Å²) in [5.74, 6) is -0.126. The highest BCUT2D eigenvalue weighted by atomic mass is 19.1. The number of benzene rings is 2. The molecule has 3 heteroatoms. The van der Waals surface area contributed by atoms with Gasteiger partial charge in [-0.1, -0.05) is 30.3 Å². The molecule has 20 heavy (non-hydrogen) atoms. The molecule has 2 aromatic carbocycles. The Morgan fingerprint density at radius 2 is 1.65 bits per heavy atom. The third-order valence-electron chi connectivity index (χ3n) is 4.38. The Morgan fingerprint density at radius 1 is 0.900 bits per heavy atom. The number of para-hydroxylation sites is 2. The Morgan fingerprint density at radius 3 is 2.50 bits per heavy atom. The van der Waals surface area contributed by atoms with Crippen molar-refractivity contribution in [2.24, 2.45) is 0 Å². The van der Waals surface area contributed by atoms with Crippen LogP contribution in [0.15, 0.2) is 48.5 Å². The van der Waals surface area contributed by atoms with E-state index in [1.54, 1.807) is 12.1 Å². The smallest absolute Gasteiger partial charge is 0.146 e. The molecule has 0 saturated carbocycles. The molecule has 1 unspecified atom stereocenters. The van der Waals surface area contributed by atoms with Gasteiger partial charge >= 0.3 is 0 Å². The first-order chi connectivity index (χ1) is 9.84. The molecule has 2 aliphatic rings. The van der Waals surface area contributed by atoms with Crippen molar-refractivity contribution in [3.63, 3.8) is 0 Å². The van der Waals surface area contributed by atoms with Crippen LogP contribution < -0.4 is 9.80 Å². The van der Waals surface area contributed by atoms with E-state index in [9.17, 15) is 4.39 Å². The number of halogens is 1. The summed E-state index contributed by atoms with van der Waals surface area (Å²) in [6, 6.07) is 15.6. The molecule has 2 aliphatic heterocycles. The summed E-state index contributed by atoms with van der Waals surface area (Å²) in [5, 5.41) is 0. The first kappa shape index (κ1) is 11.8. The third kappa shape index (κ3) is 1.69. The second-order valence-corrected chi connectivity index (χ2v) is 5.52. The van der Waals surface area contributed by atoms with Crippen LogP contribution in [0.3, 0.4) is 0 Å². The fraction of sp³-hybridized carbons (Fsp3) is 0.294. The first-order valence-electron chi connectivity index (χ1n) is 7.20. The molecule has 2 aromatic rings. The molecule has 1 saturated heterocycles. The van der Waals surface area contributed by atoms with Gasteiger partial charge in [0.15, 0.2) is 0 Å². The molecular formula is C17H17FN2. The maximum atomic E-state index is 14.1. The van der Waals surface area contributed by atoms with Gasteiger partial charge < -0.3 is 9.80 Å². The van der Waals surface area contributed by atoms with Crippen LogP contribution in [-0.4, -0.2) is 12.7 Å². The summed E-state index contributed by atoms with van der Waals surface area (Å²) in [6.45, 7) is 1.85. The van der Waals surface area contributed by atoms with Gasteiger partial charge in [-0.25, -0.2) is 4.39 Å². The number of anilines is 2. The number of fused-ring (bicyclic) bond motifs is 3. The second kappa shape index (κ2) is 4.51. The molecule has 0 bridgehead atoms. The van der Waals surface area contributed by atoms with E-state index >= 15 is 0 Å². The van der Waals surface area contributed by atoms with E-state index in [4.69, 9.17) is 0 Å². The molecule has 1 fully saturated rings. The highest BCUT2D eigenvalue weighted by Gasteiger charge is 2.36. The Hall–Kier alpha value is -2.03. The molecule has 1 atom stereocenters. The van der Waals surface area contributed by atoms with E-state index in [0.717, 1.165) is 25.2 Å². The van der Waals surface area contributed by atoms with Crippen molar-refractivity contribution < 1.29 is 4.39 Å². The Bertz CT molecular complexity index is 640. The summed E-state index contributed by atoms with van der Waals surface area (Å²) in [7, 11) is 0. The lowest BCUT2D eigenvalue weighted by atomic mass is 10.1. The fourth-order valence-electron chi connectivity index (χ4n) is 3.50. The standard InChI is InChI=1S/C17H17FN2/c18-14-7-2-4-9-16(14)20-12-13-6-1-3-8-15(13)19-11-5-10-17(19)20/h1-4,6-9,17H,5,10-12H2. The molecule has 4 rings (SSSR count). The predicted molar refractivity (Wildman–Crippen MR) is 79.4 cm³/mol. The van der Waals surface area contributed by atoms with Crippen molar-refractivity contribution in [1.29, 1.82) is 0 Å². The molecule has 0 N–H and O–H groups in total. The molecule has 0 radical (unpaired) electrons. The summed E-state index contributed by atoms with van der Waals surface area (Å²) in [6.07, 6.45) is 2.56. The van der Waals surface area contributed by atoms with Crippen LogP contribution in [-0.2, 0) is 6.54 Å². The Labute approximate surface area is 118 Å². The quantitative estimate of drug-likeness (QED) is 0.776. The molecule has 0 amide bonds. The molecule has 0 aromatic heterocycles. The van der Waals surface area contributed by atoms with Crippen LogP contribution in [0.25, 0.3) is 0 Å². The van der Waals surface area contributed by atoms with Crippen LogP contribution >= 0.6 is 0 Å². The lowest BCUT2D eigenvalue weighted by Gasteiger charge is -2.43. The zero-order valence-corrected chi connectivity index (χ0v) is 11.3. The Kier molecular flexibility index (Phi) is 2.66. The maximum Gasteiger partial charge on any atom is 0.146 e. The van der Waals surface area contributed by atoms with Gasteiger partial charge in [0.2, 0.25) is 0 Å². The normalized spacial score (nSPS) is 20.8. The summed E-state index contributed by atoms with van der Waals surface area (Å²) >= 11 is 0. The Balaban J connectivity index is 1.81. The molecule has 0 spiro atoms. The van der Waals surface area contributed by atoms with Gasteiger partial charge in [0.05, 0.1) is 5.69 Å². The molecule has 2 nitrogen and oxygen atoms in total. The van der Waals surface area contributed by atoms with Gasteiger partial charge in [0.1, 0.15) is 12.0 Å². The van der Waals surface area contributed by atoms with Gasteiger partial charge in [0, 0.05) is 18.8 Å². The van der Waals surface area contributed by atoms with Crippen molar-refractivity contribution >= 4 is 11.4 Å². The van der Waals surface area contributed by atoms with Gasteiger partial charge in [-0.05, 0) is 36.6 Å². The topological polar surface area (TPSA) is 6.48 Å². The van der Waals surface area contributed by atoms with E-state index in [1.807, 2.05) is 12.1 Å². The zero-order chi connectivity index (χ0) is 13.5. The number of rotatable bonds is 1. The van der Waals surface area contributed by atoms with E-state index in [-0.39, 0.29) is 5.82 Å². The SMILES string of the molecule is Fc1ccccc1N1Cc2ccccc2N2CCCC12. The van der Waals surface area contributed by atoms with Gasteiger partial charge in [0.25, 0.3) is 0 Å². The highest BCUT2D eigenvalue weighted by molar-refractivity contribution is 5.63. The van der Waals surface area contributed by atoms with Gasteiger partial charge in [-0.2, -0.15) is 0 Å². The van der Waals surface area contributed by atoms with Crippen LogP contribution in [0, 0.1) is 5.82 Å². The molecule has 2 heterocycles. The van der Waals surface area contributed by atoms with Gasteiger partial charge in [-0.15, -0.1) is 0 Å². The lowest BCUT2D eigenvalue weighted by Crippen LogP contribution is -2.48. The monoisotopic (exact) mass is 268 g/mol. The van der Waals surface area contributed by atoms with Crippen molar-refractivity contribution in [3.05, 3.63) is 59.9 Å². The van der Waals surface area contributed by atoms with Crippen molar-refractivity contribution in [2.75, 3.05) is 16.3 Å². The maximum absolute atomic E-state index is 14.1. The molecule has 0 aliphatic carbocycles. The van der Waals surface area contributed by atoms with Crippen molar-refractivity contribution in [3.8, 4) is 0 Å². The lowest BCUT2D eigenvalue weighted by molar-refractivity contribution is 0.554. The summed E-state index contributed by atoms with van der Waals surface area (Å²) < 4.78 is 14.1. The number of nitrogens with zero attached hydrogens (tertiary/aromatic N) is 2. The molecular weight excluding hydrogens is 251 g/mol. The predicted octanol–water partition coefficient (Wildman–Crippen LogP) is 3.77. The minimum absolute atomic E-state index is 0.126. The zero-order valence-electron chi connectivity index (χ0n) is 11.3. The van der Waals surface area contributed by atoms with Crippen LogP contribution in [0.4, 0.5) is 15.8 Å². The summed E-state index contributed by atoms with van der Waals surface area (Å²) in [4.78, 5) is 4.63. The van der Waals surface area contributed by atoms with E-state index < -0.39 is 0 Å². The number of hydrogen-bond acceptors (Lipinski definition) is 2. The summed E-state index contributed by atoms with van der Waals surface area (Å²) in [5.41, 5.74) is 3.33. The molecule has 102 valence electrons. The van der Waals surface area contributed by atoms with Gasteiger partial charge in [-0.3, -0.25) is 0 Å². The average Bonchev–Trinajstić information content (AvgIpc) is 2.97. The van der Waals surface area contributed by atoms with Crippen molar-refractivity contribution in [2.45, 2.75) is 25.6 Å². The third-order valence-corrected chi connectivity index (χ3v) is 4.38. The van der Waals surface area contributed by atoms with Crippen LogP contribution in [0.2, 0.25) is 0 Å². The first-order valence-corrected chi connectivity index (χ1v) is 7.20. The number of hydrogen-bond donors (Lipinski definition) is 0. The van der Waals surface area contributed by atoms with E-state index in [0.29, 0.717) is 6.17 Å². The largest absolute Gasteiger partial charge is 0.351 e.